The molecule has 3 rings (SSSR count). The fraction of sp³-hybridized carbons (Fsp3) is 0.444. The van der Waals surface area contributed by atoms with Gasteiger partial charge in [-0.15, -0.1) is 0 Å². The SMILES string of the molecule is CN(C)CC(OC(=O)N1Cc2c(N)n[nH]c2C1(C)C)c1ccccc1. The van der Waals surface area contributed by atoms with E-state index < -0.39 is 5.54 Å². The molecule has 25 heavy (non-hydrogen) atoms. The van der Waals surface area contributed by atoms with E-state index in [1.165, 1.54) is 0 Å². The number of likely N-dealkylation sites (N-methyl/N-ethyl adjacent to an activating group) is 1. The highest BCUT2D eigenvalue weighted by Gasteiger charge is 2.44. The monoisotopic (exact) mass is 343 g/mol. The summed E-state index contributed by atoms with van der Waals surface area (Å²) in [6.45, 7) is 4.92. The maximum Gasteiger partial charge on any atom is 0.411 e. The van der Waals surface area contributed by atoms with Crippen molar-refractivity contribution in [1.82, 2.24) is 20.0 Å². The molecule has 0 bridgehead atoms. The largest absolute Gasteiger partial charge is 0.440 e. The summed E-state index contributed by atoms with van der Waals surface area (Å²) in [5.74, 6) is 0.436. The Morgan fingerprint density at radius 3 is 2.68 bits per heavy atom. The number of amides is 1. The van der Waals surface area contributed by atoms with Crippen molar-refractivity contribution in [3.8, 4) is 0 Å². The third kappa shape index (κ3) is 3.19. The molecule has 0 radical (unpaired) electrons. The molecule has 1 aromatic heterocycles. The number of aromatic amines is 1. The number of nitrogens with one attached hydrogen (secondary N) is 1. The van der Waals surface area contributed by atoms with Gasteiger partial charge in [0.2, 0.25) is 0 Å². The van der Waals surface area contributed by atoms with Crippen molar-refractivity contribution in [2.75, 3.05) is 26.4 Å². The van der Waals surface area contributed by atoms with E-state index >= 15 is 0 Å². The Balaban J connectivity index is 1.80. The van der Waals surface area contributed by atoms with Gasteiger partial charge < -0.3 is 15.4 Å². The van der Waals surface area contributed by atoms with Gasteiger partial charge in [-0.05, 0) is 33.5 Å². The first-order chi connectivity index (χ1) is 11.8. The van der Waals surface area contributed by atoms with Gasteiger partial charge in [0.15, 0.2) is 5.82 Å². The Labute approximate surface area is 147 Å². The van der Waals surface area contributed by atoms with Crippen molar-refractivity contribution in [3.63, 3.8) is 0 Å². The molecule has 0 aliphatic carbocycles. The van der Waals surface area contributed by atoms with Crippen molar-refractivity contribution in [2.24, 2.45) is 0 Å². The van der Waals surface area contributed by atoms with Crippen LogP contribution in [-0.4, -0.2) is 46.7 Å². The highest BCUT2D eigenvalue weighted by Crippen LogP contribution is 2.40. The lowest BCUT2D eigenvalue weighted by atomic mass is 10.0. The molecule has 1 aliphatic rings. The number of hydrogen-bond acceptors (Lipinski definition) is 5. The average molecular weight is 343 g/mol. The van der Waals surface area contributed by atoms with E-state index in [-0.39, 0.29) is 12.2 Å². The predicted octanol–water partition coefficient (Wildman–Crippen LogP) is 2.48. The van der Waals surface area contributed by atoms with E-state index in [4.69, 9.17) is 10.5 Å². The van der Waals surface area contributed by atoms with Crippen LogP contribution in [0.1, 0.15) is 36.8 Å². The minimum Gasteiger partial charge on any atom is -0.440 e. The van der Waals surface area contributed by atoms with Crippen molar-refractivity contribution >= 4 is 11.9 Å². The standard InChI is InChI=1S/C18H25N5O2/c1-18(2)15-13(16(19)21-20-15)10-23(18)17(24)25-14(11-22(3)4)12-8-6-5-7-9-12/h5-9,14H,10-11H2,1-4H3,(H3,19,20,21). The van der Waals surface area contributed by atoms with Crippen LogP contribution < -0.4 is 5.73 Å². The molecular formula is C18H25N5O2. The number of carbonyl (C=O) groups excluding carboxylic acids is 1. The number of hydrogen-bond donors (Lipinski definition) is 2. The Bertz CT molecular complexity index is 754. The maximum absolute atomic E-state index is 12.9. The number of rotatable bonds is 4. The van der Waals surface area contributed by atoms with E-state index in [1.807, 2.05) is 63.2 Å². The van der Waals surface area contributed by atoms with Crippen molar-refractivity contribution in [1.29, 1.82) is 0 Å². The van der Waals surface area contributed by atoms with Gasteiger partial charge in [-0.3, -0.25) is 10.00 Å². The van der Waals surface area contributed by atoms with Crippen molar-refractivity contribution in [3.05, 3.63) is 47.2 Å². The number of nitrogen functional groups attached to an aromatic ring is 1. The van der Waals surface area contributed by atoms with Crippen LogP contribution in [0.3, 0.4) is 0 Å². The molecule has 2 aromatic rings. The molecule has 2 heterocycles. The van der Waals surface area contributed by atoms with E-state index in [0.29, 0.717) is 18.9 Å². The smallest absolute Gasteiger partial charge is 0.411 e. The summed E-state index contributed by atoms with van der Waals surface area (Å²) in [7, 11) is 3.92. The summed E-state index contributed by atoms with van der Waals surface area (Å²) >= 11 is 0. The molecule has 0 spiro atoms. The maximum atomic E-state index is 12.9. The van der Waals surface area contributed by atoms with Crippen LogP contribution in [0.15, 0.2) is 30.3 Å². The second kappa shape index (κ2) is 6.40. The second-order valence-corrected chi connectivity index (χ2v) is 7.15. The number of aromatic nitrogens is 2. The molecule has 0 saturated carbocycles. The first kappa shape index (κ1) is 17.3. The topological polar surface area (TPSA) is 87.5 Å². The zero-order chi connectivity index (χ0) is 18.2. The molecule has 134 valence electrons. The van der Waals surface area contributed by atoms with Gasteiger partial charge in [0.25, 0.3) is 0 Å². The molecule has 3 N–H and O–H groups in total. The summed E-state index contributed by atoms with van der Waals surface area (Å²) in [5, 5.41) is 6.99. The Morgan fingerprint density at radius 1 is 1.40 bits per heavy atom. The number of ether oxygens (including phenoxy) is 1. The Hall–Kier alpha value is -2.54. The lowest BCUT2D eigenvalue weighted by Crippen LogP contribution is -2.42. The molecule has 7 nitrogen and oxygen atoms in total. The summed E-state index contributed by atoms with van der Waals surface area (Å²) in [4.78, 5) is 16.6. The first-order valence-electron chi connectivity index (χ1n) is 8.32. The van der Waals surface area contributed by atoms with E-state index in [1.54, 1.807) is 4.90 Å². The second-order valence-electron chi connectivity index (χ2n) is 7.15. The average Bonchev–Trinajstić information content (AvgIpc) is 3.05. The van der Waals surface area contributed by atoms with Crippen LogP contribution in [0, 0.1) is 0 Å². The minimum absolute atomic E-state index is 0.339. The molecule has 0 fully saturated rings. The molecule has 1 aromatic carbocycles. The van der Waals surface area contributed by atoms with Crippen molar-refractivity contribution < 1.29 is 9.53 Å². The lowest BCUT2D eigenvalue weighted by molar-refractivity contribution is 0.0259. The number of carbonyl (C=O) groups is 1. The van der Waals surface area contributed by atoms with Crippen molar-refractivity contribution in [2.45, 2.75) is 32.0 Å². The number of benzene rings is 1. The first-order valence-corrected chi connectivity index (χ1v) is 8.32. The fourth-order valence-electron chi connectivity index (χ4n) is 3.22. The summed E-state index contributed by atoms with van der Waals surface area (Å²) in [6.07, 6.45) is -0.696. The summed E-state index contributed by atoms with van der Waals surface area (Å²) in [6, 6.07) is 9.79. The van der Waals surface area contributed by atoms with Gasteiger partial charge >= 0.3 is 6.09 Å². The highest BCUT2D eigenvalue weighted by molar-refractivity contribution is 5.71. The summed E-state index contributed by atoms with van der Waals surface area (Å²) < 4.78 is 5.88. The van der Waals surface area contributed by atoms with Crippen LogP contribution in [0.25, 0.3) is 0 Å². The van der Waals surface area contributed by atoms with Gasteiger partial charge in [0.05, 0.1) is 17.8 Å². The highest BCUT2D eigenvalue weighted by atomic mass is 16.6. The third-order valence-electron chi connectivity index (χ3n) is 4.67. The quantitative estimate of drug-likeness (QED) is 0.890. The zero-order valence-corrected chi connectivity index (χ0v) is 15.1. The lowest BCUT2D eigenvalue weighted by Gasteiger charge is -2.33. The fourth-order valence-corrected chi connectivity index (χ4v) is 3.22. The van der Waals surface area contributed by atoms with Crippen LogP contribution in [-0.2, 0) is 16.8 Å². The molecule has 1 amide bonds. The van der Waals surface area contributed by atoms with Crippen LogP contribution in [0.5, 0.6) is 0 Å². The zero-order valence-electron chi connectivity index (χ0n) is 15.1. The molecule has 7 heteroatoms. The molecule has 1 unspecified atom stereocenters. The number of fused-ring (bicyclic) bond motifs is 1. The Kier molecular flexibility index (Phi) is 4.43. The normalized spacial score (nSPS) is 16.8. The number of anilines is 1. The van der Waals surface area contributed by atoms with Gasteiger partial charge in [-0.1, -0.05) is 30.3 Å². The van der Waals surface area contributed by atoms with Gasteiger partial charge in [0, 0.05) is 12.1 Å². The number of nitrogens with two attached hydrogens (primary N) is 1. The minimum atomic E-state index is -0.545. The number of H-pyrrole nitrogens is 1. The number of nitrogens with zero attached hydrogens (tertiary/aromatic N) is 3. The van der Waals surface area contributed by atoms with Crippen LogP contribution in [0.2, 0.25) is 0 Å². The van der Waals surface area contributed by atoms with E-state index in [0.717, 1.165) is 16.8 Å². The third-order valence-corrected chi connectivity index (χ3v) is 4.67. The summed E-state index contributed by atoms with van der Waals surface area (Å²) in [5.41, 5.74) is 8.07. The molecule has 1 atom stereocenters. The Morgan fingerprint density at radius 2 is 2.08 bits per heavy atom. The van der Waals surface area contributed by atoms with E-state index in [9.17, 15) is 4.79 Å². The van der Waals surface area contributed by atoms with E-state index in [2.05, 4.69) is 10.2 Å². The predicted molar refractivity (Wildman–Crippen MR) is 95.8 cm³/mol. The van der Waals surface area contributed by atoms with Gasteiger partial charge in [-0.25, -0.2) is 4.79 Å². The van der Waals surface area contributed by atoms with Crippen LogP contribution >= 0.6 is 0 Å². The van der Waals surface area contributed by atoms with Crippen LogP contribution in [0.4, 0.5) is 10.6 Å². The van der Waals surface area contributed by atoms with Gasteiger partial charge in [0.1, 0.15) is 6.10 Å². The molecule has 1 aliphatic heterocycles. The molecule has 0 saturated heterocycles. The molecular weight excluding hydrogens is 318 g/mol. The van der Waals surface area contributed by atoms with Gasteiger partial charge in [-0.2, -0.15) is 5.10 Å².